The molecule has 0 atom stereocenters. The van der Waals surface area contributed by atoms with Crippen LogP contribution in [0.5, 0.6) is 0 Å². The SMILES string of the molecule is CCNC(=NCC1(c2ccccc2)CC1)NCCN1CCOCC1.I. The Hall–Kier alpha value is -0.860. The van der Waals surface area contributed by atoms with Gasteiger partial charge in [0.2, 0.25) is 0 Å². The van der Waals surface area contributed by atoms with Gasteiger partial charge in [0.05, 0.1) is 19.8 Å². The third-order valence-corrected chi connectivity index (χ3v) is 4.95. The minimum atomic E-state index is 0. The van der Waals surface area contributed by atoms with Crippen LogP contribution in [0.1, 0.15) is 25.3 Å². The number of aliphatic imine (C=N–C) groups is 1. The summed E-state index contributed by atoms with van der Waals surface area (Å²) < 4.78 is 5.39. The first-order chi connectivity index (χ1) is 11.8. The van der Waals surface area contributed by atoms with Crippen molar-refractivity contribution in [2.45, 2.75) is 25.2 Å². The molecule has 2 N–H and O–H groups in total. The van der Waals surface area contributed by atoms with E-state index in [1.165, 1.54) is 18.4 Å². The van der Waals surface area contributed by atoms with Crippen molar-refractivity contribution in [3.63, 3.8) is 0 Å². The van der Waals surface area contributed by atoms with Crippen molar-refractivity contribution in [3.8, 4) is 0 Å². The van der Waals surface area contributed by atoms with Crippen molar-refractivity contribution in [1.29, 1.82) is 0 Å². The Labute approximate surface area is 168 Å². The van der Waals surface area contributed by atoms with Gasteiger partial charge in [-0.25, -0.2) is 0 Å². The average molecular weight is 458 g/mol. The van der Waals surface area contributed by atoms with Crippen LogP contribution in [0.3, 0.4) is 0 Å². The fourth-order valence-electron chi connectivity index (χ4n) is 3.21. The van der Waals surface area contributed by atoms with Crippen LogP contribution in [-0.2, 0) is 10.2 Å². The molecule has 0 amide bonds. The summed E-state index contributed by atoms with van der Waals surface area (Å²) in [6, 6.07) is 10.8. The van der Waals surface area contributed by atoms with Crippen LogP contribution in [0.2, 0.25) is 0 Å². The minimum Gasteiger partial charge on any atom is -0.379 e. The first-order valence-electron chi connectivity index (χ1n) is 9.20. The number of guanidine groups is 1. The van der Waals surface area contributed by atoms with Gasteiger partial charge in [-0.15, -0.1) is 24.0 Å². The maximum Gasteiger partial charge on any atom is 0.191 e. The Balaban J connectivity index is 0.00000225. The Morgan fingerprint density at radius 3 is 2.52 bits per heavy atom. The standard InChI is InChI=1S/C19H30N4O.HI/c1-2-20-18(21-10-11-23-12-14-24-15-13-23)22-16-19(8-9-19)17-6-4-3-5-7-17;/h3-7H,2,8-16H2,1H3,(H2,20,21,22);1H. The summed E-state index contributed by atoms with van der Waals surface area (Å²) in [5.74, 6) is 0.938. The average Bonchev–Trinajstić information content (AvgIpc) is 3.43. The summed E-state index contributed by atoms with van der Waals surface area (Å²) >= 11 is 0. The molecule has 0 unspecified atom stereocenters. The van der Waals surface area contributed by atoms with Crippen LogP contribution in [0.15, 0.2) is 35.3 Å². The number of benzene rings is 1. The van der Waals surface area contributed by atoms with Crippen LogP contribution in [0.25, 0.3) is 0 Å². The molecule has 6 heteroatoms. The highest BCUT2D eigenvalue weighted by Gasteiger charge is 2.43. The molecule has 3 rings (SSSR count). The van der Waals surface area contributed by atoms with E-state index in [1.54, 1.807) is 0 Å². The number of hydrogen-bond donors (Lipinski definition) is 2. The molecule has 140 valence electrons. The molecule has 0 spiro atoms. The smallest absolute Gasteiger partial charge is 0.191 e. The highest BCUT2D eigenvalue weighted by Crippen LogP contribution is 2.48. The van der Waals surface area contributed by atoms with E-state index in [1.807, 2.05) is 0 Å². The molecule has 1 saturated carbocycles. The van der Waals surface area contributed by atoms with E-state index in [0.29, 0.717) is 0 Å². The van der Waals surface area contributed by atoms with Gasteiger partial charge in [-0.1, -0.05) is 30.3 Å². The molecule has 25 heavy (non-hydrogen) atoms. The van der Waals surface area contributed by atoms with Gasteiger partial charge in [-0.3, -0.25) is 9.89 Å². The van der Waals surface area contributed by atoms with Crippen molar-refractivity contribution in [2.75, 3.05) is 52.5 Å². The van der Waals surface area contributed by atoms with E-state index < -0.39 is 0 Å². The van der Waals surface area contributed by atoms with E-state index in [4.69, 9.17) is 9.73 Å². The van der Waals surface area contributed by atoms with Crippen molar-refractivity contribution in [2.24, 2.45) is 4.99 Å². The molecular weight excluding hydrogens is 427 g/mol. The molecule has 2 fully saturated rings. The Kier molecular flexibility index (Phi) is 8.45. The largest absolute Gasteiger partial charge is 0.379 e. The fraction of sp³-hybridized carbons (Fsp3) is 0.632. The van der Waals surface area contributed by atoms with E-state index in [9.17, 15) is 0 Å². The second-order valence-electron chi connectivity index (χ2n) is 6.72. The number of ether oxygens (including phenoxy) is 1. The van der Waals surface area contributed by atoms with E-state index in [0.717, 1.165) is 58.4 Å². The number of morpholine rings is 1. The van der Waals surface area contributed by atoms with E-state index in [-0.39, 0.29) is 29.4 Å². The minimum absolute atomic E-state index is 0. The Morgan fingerprint density at radius 1 is 1.16 bits per heavy atom. The highest BCUT2D eigenvalue weighted by molar-refractivity contribution is 14.0. The zero-order valence-corrected chi connectivity index (χ0v) is 17.5. The second-order valence-corrected chi connectivity index (χ2v) is 6.72. The molecule has 5 nitrogen and oxygen atoms in total. The number of hydrogen-bond acceptors (Lipinski definition) is 3. The first kappa shape index (κ1) is 20.5. The molecule has 2 aliphatic rings. The van der Waals surface area contributed by atoms with Crippen molar-refractivity contribution in [1.82, 2.24) is 15.5 Å². The third-order valence-electron chi connectivity index (χ3n) is 4.95. The summed E-state index contributed by atoms with van der Waals surface area (Å²) in [6.07, 6.45) is 2.49. The molecule has 0 aromatic heterocycles. The number of halogens is 1. The van der Waals surface area contributed by atoms with Gasteiger partial charge in [0.1, 0.15) is 0 Å². The normalized spacial score (nSPS) is 19.8. The summed E-state index contributed by atoms with van der Waals surface area (Å²) in [6.45, 7) is 9.61. The van der Waals surface area contributed by atoms with Crippen LogP contribution < -0.4 is 10.6 Å². The summed E-state index contributed by atoms with van der Waals surface area (Å²) in [5, 5.41) is 6.84. The molecule has 1 aromatic rings. The van der Waals surface area contributed by atoms with Crippen LogP contribution in [-0.4, -0.2) is 63.3 Å². The predicted octanol–water partition coefficient (Wildman–Crippen LogP) is 2.22. The molecule has 1 aliphatic carbocycles. The fourth-order valence-corrected chi connectivity index (χ4v) is 3.21. The van der Waals surface area contributed by atoms with Crippen molar-refractivity contribution in [3.05, 3.63) is 35.9 Å². The van der Waals surface area contributed by atoms with Gasteiger partial charge in [0, 0.05) is 38.1 Å². The van der Waals surface area contributed by atoms with E-state index >= 15 is 0 Å². The number of nitrogens with one attached hydrogen (secondary N) is 2. The van der Waals surface area contributed by atoms with Crippen LogP contribution >= 0.6 is 24.0 Å². The quantitative estimate of drug-likeness (QED) is 0.374. The van der Waals surface area contributed by atoms with Gasteiger partial charge in [0.25, 0.3) is 0 Å². The zero-order valence-electron chi connectivity index (χ0n) is 15.2. The molecule has 0 radical (unpaired) electrons. The molecule has 1 saturated heterocycles. The maximum absolute atomic E-state index is 5.39. The summed E-state index contributed by atoms with van der Waals surface area (Å²) in [4.78, 5) is 7.29. The lowest BCUT2D eigenvalue weighted by Crippen LogP contribution is -2.44. The monoisotopic (exact) mass is 458 g/mol. The molecule has 1 aromatic carbocycles. The molecule has 0 bridgehead atoms. The van der Waals surface area contributed by atoms with Crippen molar-refractivity contribution >= 4 is 29.9 Å². The second kappa shape index (κ2) is 10.3. The maximum atomic E-state index is 5.39. The van der Waals surface area contributed by atoms with Gasteiger partial charge >= 0.3 is 0 Å². The van der Waals surface area contributed by atoms with E-state index in [2.05, 4.69) is 52.8 Å². The third kappa shape index (κ3) is 6.11. The highest BCUT2D eigenvalue weighted by atomic mass is 127. The number of nitrogens with zero attached hydrogens (tertiary/aromatic N) is 2. The summed E-state index contributed by atoms with van der Waals surface area (Å²) in [7, 11) is 0. The molecule has 1 heterocycles. The molecule has 1 aliphatic heterocycles. The lowest BCUT2D eigenvalue weighted by atomic mass is 9.96. The van der Waals surface area contributed by atoms with Crippen LogP contribution in [0.4, 0.5) is 0 Å². The summed E-state index contributed by atoms with van der Waals surface area (Å²) in [5.41, 5.74) is 1.70. The predicted molar refractivity (Wildman–Crippen MR) is 114 cm³/mol. The van der Waals surface area contributed by atoms with Gasteiger partial charge in [0.15, 0.2) is 5.96 Å². The van der Waals surface area contributed by atoms with Crippen molar-refractivity contribution < 1.29 is 4.74 Å². The Bertz CT molecular complexity index is 527. The Morgan fingerprint density at radius 2 is 1.88 bits per heavy atom. The lowest BCUT2D eigenvalue weighted by molar-refractivity contribution is 0.0389. The van der Waals surface area contributed by atoms with Crippen LogP contribution in [0, 0.1) is 0 Å². The van der Waals surface area contributed by atoms with Gasteiger partial charge in [-0.05, 0) is 25.3 Å². The lowest BCUT2D eigenvalue weighted by Gasteiger charge is -2.26. The number of rotatable bonds is 7. The topological polar surface area (TPSA) is 48.9 Å². The van der Waals surface area contributed by atoms with Gasteiger partial charge in [-0.2, -0.15) is 0 Å². The first-order valence-corrected chi connectivity index (χ1v) is 9.20. The molecular formula is C19H31IN4O. The zero-order chi connectivity index (χ0) is 16.7. The van der Waals surface area contributed by atoms with Gasteiger partial charge < -0.3 is 15.4 Å².